The second kappa shape index (κ2) is 11.0. The van der Waals surface area contributed by atoms with Crippen LogP contribution in [0, 0.1) is 50.7 Å². The number of hydrogen-bond acceptors (Lipinski definition) is 7. The minimum absolute atomic E-state index is 0.00613. The summed E-state index contributed by atoms with van der Waals surface area (Å²) in [6, 6.07) is 0. The maximum absolute atomic E-state index is 12.9. The fourth-order valence-corrected chi connectivity index (χ4v) is 13.8. The molecule has 2 spiro atoms. The van der Waals surface area contributed by atoms with Crippen LogP contribution in [0.5, 0.6) is 0 Å². The van der Waals surface area contributed by atoms with E-state index in [1.807, 2.05) is 20.8 Å². The van der Waals surface area contributed by atoms with Gasteiger partial charge in [0.1, 0.15) is 12.2 Å². The first kappa shape index (κ1) is 33.6. The molecule has 7 fully saturated rings. The average Bonchev–Trinajstić information content (AvgIpc) is 3.58. The molecule has 7 aliphatic rings. The lowest BCUT2D eigenvalue weighted by atomic mass is 9.41. The summed E-state index contributed by atoms with van der Waals surface area (Å²) in [5.41, 5.74) is -0.813. The molecule has 8 heteroatoms. The van der Waals surface area contributed by atoms with Crippen molar-refractivity contribution in [2.24, 2.45) is 50.7 Å². The van der Waals surface area contributed by atoms with Crippen molar-refractivity contribution < 1.29 is 29.2 Å². The second-order valence-electron chi connectivity index (χ2n) is 18.6. The van der Waals surface area contributed by atoms with Gasteiger partial charge in [-0.3, -0.25) is 0 Å². The van der Waals surface area contributed by atoms with Crippen molar-refractivity contribution in [3.63, 3.8) is 0 Å². The van der Waals surface area contributed by atoms with Gasteiger partial charge in [-0.1, -0.05) is 34.6 Å². The number of aliphatic hydroxyl groups is 2. The number of aliphatic hydroxyl groups excluding tert-OH is 1. The van der Waals surface area contributed by atoms with E-state index < -0.39 is 17.8 Å². The van der Waals surface area contributed by atoms with E-state index in [4.69, 9.17) is 14.2 Å². The van der Waals surface area contributed by atoms with E-state index in [9.17, 15) is 15.0 Å². The zero-order chi connectivity index (χ0) is 33.1. The lowest BCUT2D eigenvalue weighted by Gasteiger charge is -2.63. The van der Waals surface area contributed by atoms with E-state index in [0.717, 1.165) is 58.2 Å². The molecule has 46 heavy (non-hydrogen) atoms. The number of alkyl carbamates (subject to hydrolysis) is 1. The molecule has 0 aromatic carbocycles. The predicted octanol–water partition coefficient (Wildman–Crippen LogP) is 5.78. The molecule has 13 atom stereocenters. The third kappa shape index (κ3) is 4.51. The molecule has 8 nitrogen and oxygen atoms in total. The number of fused-ring (bicyclic) bond motifs is 4. The van der Waals surface area contributed by atoms with Gasteiger partial charge >= 0.3 is 6.09 Å². The summed E-state index contributed by atoms with van der Waals surface area (Å²) >= 11 is 0. The van der Waals surface area contributed by atoms with E-state index in [0.29, 0.717) is 30.9 Å². The molecular formula is C38H64N2O6. The van der Waals surface area contributed by atoms with Gasteiger partial charge in [-0.2, -0.15) is 0 Å². The van der Waals surface area contributed by atoms with Gasteiger partial charge in [0.05, 0.1) is 23.9 Å². The number of likely N-dealkylation sites (tertiary alicyclic amines) is 1. The summed E-state index contributed by atoms with van der Waals surface area (Å²) in [4.78, 5) is 15.3. The van der Waals surface area contributed by atoms with Crippen molar-refractivity contribution in [1.82, 2.24) is 10.2 Å². The summed E-state index contributed by atoms with van der Waals surface area (Å²) in [7, 11) is 0. The van der Waals surface area contributed by atoms with Crippen LogP contribution in [-0.2, 0) is 14.2 Å². The minimum Gasteiger partial charge on any atom is -0.446 e. The van der Waals surface area contributed by atoms with Crippen LogP contribution in [0.3, 0.4) is 0 Å². The molecule has 0 radical (unpaired) electrons. The molecule has 2 heterocycles. The van der Waals surface area contributed by atoms with Crippen LogP contribution in [-0.4, -0.2) is 90.1 Å². The SMILES string of the molecule is CCO[C@@H](C1C[C@@H](C)[C@H]2C(O1)[C@H](O)[C@@]1(C)C3CC[C@H]4C(C)(C)[C@@H](OC(=O)NCCN5CCC5)CC[C@@]45CC35CC[C@]21C)C(C)(C)O. The first-order chi connectivity index (χ1) is 21.6. The van der Waals surface area contributed by atoms with Crippen molar-refractivity contribution in [2.45, 2.75) is 149 Å². The van der Waals surface area contributed by atoms with Crippen molar-refractivity contribution in [1.29, 1.82) is 0 Å². The van der Waals surface area contributed by atoms with Crippen LogP contribution in [0.2, 0.25) is 0 Å². The fraction of sp³-hybridized carbons (Fsp3) is 0.974. The molecule has 5 saturated carbocycles. The monoisotopic (exact) mass is 644 g/mol. The summed E-state index contributed by atoms with van der Waals surface area (Å²) in [6.07, 6.45) is 8.27. The predicted molar refractivity (Wildman–Crippen MR) is 177 cm³/mol. The summed E-state index contributed by atoms with van der Waals surface area (Å²) in [5, 5.41) is 26.6. The molecule has 0 bridgehead atoms. The minimum atomic E-state index is -1.02. The number of carbonyl (C=O) groups is 1. The van der Waals surface area contributed by atoms with Crippen molar-refractivity contribution in [3.05, 3.63) is 0 Å². The summed E-state index contributed by atoms with van der Waals surface area (Å²) in [5.74, 6) is 1.64. The molecule has 2 saturated heterocycles. The smallest absolute Gasteiger partial charge is 0.407 e. The van der Waals surface area contributed by atoms with E-state index in [1.54, 1.807) is 0 Å². The zero-order valence-corrected chi connectivity index (χ0v) is 30.1. The number of amides is 1. The molecule has 3 N–H and O–H groups in total. The highest BCUT2D eigenvalue weighted by Gasteiger charge is 2.84. The molecule has 7 rings (SSSR count). The summed E-state index contributed by atoms with van der Waals surface area (Å²) in [6.45, 7) is 22.0. The highest BCUT2D eigenvalue weighted by molar-refractivity contribution is 5.67. The Morgan fingerprint density at radius 1 is 1.07 bits per heavy atom. The van der Waals surface area contributed by atoms with Gasteiger partial charge in [0.25, 0.3) is 0 Å². The Hall–Kier alpha value is -0.930. The third-order valence-electron chi connectivity index (χ3n) is 16.0. The molecule has 4 unspecified atom stereocenters. The van der Waals surface area contributed by atoms with Crippen LogP contribution in [0.15, 0.2) is 0 Å². The molecule has 262 valence electrons. The highest BCUT2D eigenvalue weighted by Crippen LogP contribution is 2.89. The van der Waals surface area contributed by atoms with Gasteiger partial charge in [-0.05, 0) is 132 Å². The Balaban J connectivity index is 1.10. The topological polar surface area (TPSA) is 100 Å². The molecule has 1 amide bonds. The molecule has 0 aromatic heterocycles. The molecule has 0 aromatic rings. The van der Waals surface area contributed by atoms with Crippen LogP contribution < -0.4 is 5.32 Å². The molecule has 2 aliphatic heterocycles. The fourth-order valence-electron chi connectivity index (χ4n) is 13.8. The number of nitrogens with one attached hydrogen (secondary N) is 1. The maximum atomic E-state index is 12.9. The van der Waals surface area contributed by atoms with Crippen LogP contribution in [0.1, 0.15) is 113 Å². The largest absolute Gasteiger partial charge is 0.446 e. The Morgan fingerprint density at radius 3 is 2.41 bits per heavy atom. The van der Waals surface area contributed by atoms with Crippen molar-refractivity contribution >= 4 is 6.09 Å². The molecular weight excluding hydrogens is 580 g/mol. The highest BCUT2D eigenvalue weighted by atomic mass is 16.6. The molecule has 5 aliphatic carbocycles. The van der Waals surface area contributed by atoms with Gasteiger partial charge in [0.2, 0.25) is 0 Å². The average molecular weight is 645 g/mol. The van der Waals surface area contributed by atoms with Gasteiger partial charge in [-0.15, -0.1) is 0 Å². The van der Waals surface area contributed by atoms with Gasteiger partial charge in [0.15, 0.2) is 0 Å². The third-order valence-corrected chi connectivity index (χ3v) is 16.0. The lowest BCUT2D eigenvalue weighted by molar-refractivity contribution is -0.215. The second-order valence-corrected chi connectivity index (χ2v) is 18.6. The van der Waals surface area contributed by atoms with Gasteiger partial charge in [0, 0.05) is 30.5 Å². The lowest BCUT2D eigenvalue weighted by Crippen LogP contribution is -2.60. The van der Waals surface area contributed by atoms with Gasteiger partial charge in [-0.25, -0.2) is 4.79 Å². The van der Waals surface area contributed by atoms with E-state index in [2.05, 4.69) is 44.8 Å². The van der Waals surface area contributed by atoms with Crippen LogP contribution in [0.4, 0.5) is 4.79 Å². The van der Waals surface area contributed by atoms with Crippen molar-refractivity contribution in [3.8, 4) is 0 Å². The standard InChI is InChI=1S/C38H64N2O6/c1-9-44-31(34(5,6)43)24-21-23(2)28-29(45-24)30(41)36(8)26-12-11-25-33(3,4)27(46-32(42)39-17-20-40-18-10-19-40)13-14-37(25)22-38(26,37)16-15-35(28,36)7/h23-31,41,43H,9-22H2,1-8H3,(H,39,42)/t23-,24?,25+,26?,27+,28+,29?,30+,31+,35-,36-,37-,38?/m1/s1. The normalized spacial score (nSPS) is 49.7. The Bertz CT molecular complexity index is 1180. The number of carbonyl (C=O) groups excluding carboxylic acids is 1. The maximum Gasteiger partial charge on any atom is 0.407 e. The van der Waals surface area contributed by atoms with Crippen molar-refractivity contribution in [2.75, 3.05) is 32.8 Å². The zero-order valence-electron chi connectivity index (χ0n) is 30.1. The van der Waals surface area contributed by atoms with Gasteiger partial charge < -0.3 is 34.6 Å². The quantitative estimate of drug-likeness (QED) is 0.308. The Morgan fingerprint density at radius 2 is 1.76 bits per heavy atom. The number of hydrogen-bond donors (Lipinski definition) is 3. The number of rotatable bonds is 8. The van der Waals surface area contributed by atoms with Crippen LogP contribution >= 0.6 is 0 Å². The number of ether oxygens (including phenoxy) is 3. The Kier molecular flexibility index (Phi) is 8.05. The first-order valence-corrected chi connectivity index (χ1v) is 18.9. The van der Waals surface area contributed by atoms with Crippen LogP contribution in [0.25, 0.3) is 0 Å². The first-order valence-electron chi connectivity index (χ1n) is 18.9. The van der Waals surface area contributed by atoms with E-state index >= 15 is 0 Å². The summed E-state index contributed by atoms with van der Waals surface area (Å²) < 4.78 is 19.2. The Labute approximate surface area is 278 Å². The number of nitrogens with zero attached hydrogens (tertiary/aromatic N) is 1. The van der Waals surface area contributed by atoms with E-state index in [-0.39, 0.29) is 57.4 Å². The van der Waals surface area contributed by atoms with E-state index in [1.165, 1.54) is 19.3 Å².